The van der Waals surface area contributed by atoms with E-state index in [9.17, 15) is 13.2 Å². The van der Waals surface area contributed by atoms with Crippen LogP contribution in [0.1, 0.15) is 49.4 Å². The molecule has 0 saturated heterocycles. The van der Waals surface area contributed by atoms with Gasteiger partial charge in [-0.3, -0.25) is 4.79 Å². The third-order valence-electron chi connectivity index (χ3n) is 3.72. The Morgan fingerprint density at radius 1 is 1.17 bits per heavy atom. The van der Waals surface area contributed by atoms with Gasteiger partial charge < -0.3 is 10.1 Å². The minimum absolute atomic E-state index is 0.0671. The van der Waals surface area contributed by atoms with Crippen molar-refractivity contribution in [2.24, 2.45) is 0 Å². The van der Waals surface area contributed by atoms with Crippen molar-refractivity contribution in [3.8, 4) is 0 Å². The molecule has 1 amide bonds. The van der Waals surface area contributed by atoms with E-state index in [1.165, 1.54) is 24.3 Å². The lowest BCUT2D eigenvalue weighted by atomic mass is 10.2. The average molecular weight is 354 g/mol. The van der Waals surface area contributed by atoms with Crippen molar-refractivity contribution in [3.05, 3.63) is 29.8 Å². The minimum atomic E-state index is -3.47. The Morgan fingerprint density at radius 3 is 2.46 bits per heavy atom. The number of ether oxygens (including phenoxy) is 1. The van der Waals surface area contributed by atoms with E-state index < -0.39 is 10.0 Å². The lowest BCUT2D eigenvalue weighted by Gasteiger charge is -2.08. The first-order valence-corrected chi connectivity index (χ1v) is 9.99. The molecule has 1 saturated carbocycles. The van der Waals surface area contributed by atoms with Gasteiger partial charge >= 0.3 is 0 Å². The predicted molar refractivity (Wildman–Crippen MR) is 92.5 cm³/mol. The summed E-state index contributed by atoms with van der Waals surface area (Å²) in [5, 5.41) is 2.81. The first kappa shape index (κ1) is 18.9. The second kappa shape index (κ2) is 9.15. The van der Waals surface area contributed by atoms with Gasteiger partial charge in [-0.2, -0.15) is 0 Å². The molecule has 1 fully saturated rings. The van der Waals surface area contributed by atoms with Crippen LogP contribution in [0.5, 0.6) is 0 Å². The van der Waals surface area contributed by atoms with Gasteiger partial charge in [0.1, 0.15) is 0 Å². The largest absolute Gasteiger partial charge is 0.381 e. The van der Waals surface area contributed by atoms with Crippen LogP contribution in [0.15, 0.2) is 29.2 Å². The molecule has 0 aliphatic heterocycles. The number of rotatable bonds is 11. The van der Waals surface area contributed by atoms with Gasteiger partial charge in [-0.15, -0.1) is 0 Å². The Kier molecular flexibility index (Phi) is 7.20. The predicted octanol–water partition coefficient (Wildman–Crippen LogP) is 2.06. The molecule has 24 heavy (non-hydrogen) atoms. The molecule has 0 unspecified atom stereocenters. The van der Waals surface area contributed by atoms with E-state index in [4.69, 9.17) is 4.74 Å². The summed E-state index contributed by atoms with van der Waals surface area (Å²) in [6.07, 6.45) is 4.70. The molecule has 7 heteroatoms. The summed E-state index contributed by atoms with van der Waals surface area (Å²) in [7, 11) is -3.47. The monoisotopic (exact) mass is 354 g/mol. The van der Waals surface area contributed by atoms with Gasteiger partial charge in [0.05, 0.1) is 4.90 Å². The number of hydrogen-bond donors (Lipinski definition) is 2. The highest BCUT2D eigenvalue weighted by atomic mass is 32.2. The van der Waals surface area contributed by atoms with Crippen LogP contribution in [0, 0.1) is 0 Å². The fraction of sp³-hybridized carbons (Fsp3) is 0.588. The molecule has 2 rings (SSSR count). The number of benzene rings is 1. The molecule has 1 aliphatic carbocycles. The van der Waals surface area contributed by atoms with Crippen LogP contribution in [0.3, 0.4) is 0 Å². The maximum absolute atomic E-state index is 12.1. The number of carbonyl (C=O) groups excluding carboxylic acids is 1. The van der Waals surface area contributed by atoms with Crippen molar-refractivity contribution in [2.45, 2.75) is 50.0 Å². The summed E-state index contributed by atoms with van der Waals surface area (Å²) >= 11 is 0. The summed E-state index contributed by atoms with van der Waals surface area (Å²) in [5.74, 6) is -0.206. The zero-order chi connectivity index (χ0) is 17.4. The van der Waals surface area contributed by atoms with Crippen LogP contribution in [0.4, 0.5) is 0 Å². The lowest BCUT2D eigenvalue weighted by Crippen LogP contribution is -2.27. The quantitative estimate of drug-likeness (QED) is 0.596. The second-order valence-corrected chi connectivity index (χ2v) is 7.71. The highest BCUT2D eigenvalue weighted by Gasteiger charge is 2.27. The van der Waals surface area contributed by atoms with E-state index >= 15 is 0 Å². The molecule has 1 aliphatic rings. The van der Waals surface area contributed by atoms with Gasteiger partial charge in [0.2, 0.25) is 10.0 Å². The average Bonchev–Trinajstić information content (AvgIpc) is 3.37. The van der Waals surface area contributed by atoms with Crippen LogP contribution in [0.2, 0.25) is 0 Å². The second-order valence-electron chi connectivity index (χ2n) is 6.00. The van der Waals surface area contributed by atoms with Gasteiger partial charge in [-0.05, 0) is 49.9 Å². The van der Waals surface area contributed by atoms with Gasteiger partial charge in [-0.1, -0.05) is 13.3 Å². The summed E-state index contributed by atoms with van der Waals surface area (Å²) < 4.78 is 32.2. The van der Waals surface area contributed by atoms with Crippen molar-refractivity contribution < 1.29 is 17.9 Å². The van der Waals surface area contributed by atoms with Crippen molar-refractivity contribution in [2.75, 3.05) is 19.8 Å². The van der Waals surface area contributed by atoms with Crippen molar-refractivity contribution in [3.63, 3.8) is 0 Å². The third-order valence-corrected chi connectivity index (χ3v) is 5.26. The van der Waals surface area contributed by atoms with E-state index in [1.54, 1.807) is 0 Å². The molecule has 1 aromatic rings. The maximum Gasteiger partial charge on any atom is 0.251 e. The van der Waals surface area contributed by atoms with Crippen molar-refractivity contribution in [1.82, 2.24) is 10.0 Å². The van der Waals surface area contributed by atoms with Crippen LogP contribution in [-0.2, 0) is 14.8 Å². The van der Waals surface area contributed by atoms with Gasteiger partial charge in [-0.25, -0.2) is 13.1 Å². The number of sulfonamides is 1. The summed E-state index contributed by atoms with van der Waals surface area (Å²) in [6.45, 7) is 4.04. The number of amides is 1. The molecule has 2 N–H and O–H groups in total. The maximum atomic E-state index is 12.1. The zero-order valence-corrected chi connectivity index (χ0v) is 14.9. The summed E-state index contributed by atoms with van der Waals surface area (Å²) in [4.78, 5) is 12.2. The Labute approximate surface area is 144 Å². The Bertz CT molecular complexity index is 624. The van der Waals surface area contributed by atoms with Crippen molar-refractivity contribution in [1.29, 1.82) is 0 Å². The number of nitrogens with one attached hydrogen (secondary N) is 2. The molecule has 134 valence electrons. The molecular weight excluding hydrogens is 328 g/mol. The van der Waals surface area contributed by atoms with E-state index in [0.717, 1.165) is 38.7 Å². The van der Waals surface area contributed by atoms with E-state index in [-0.39, 0.29) is 16.8 Å². The molecular formula is C17H26N2O4S. The molecule has 0 heterocycles. The molecule has 1 aromatic carbocycles. The third kappa shape index (κ3) is 6.22. The van der Waals surface area contributed by atoms with Gasteiger partial charge in [0.25, 0.3) is 5.91 Å². The fourth-order valence-electron chi connectivity index (χ4n) is 2.10. The molecule has 0 radical (unpaired) electrons. The fourth-order valence-corrected chi connectivity index (χ4v) is 3.41. The molecule has 0 spiro atoms. The Hall–Kier alpha value is -1.44. The minimum Gasteiger partial charge on any atom is -0.381 e. The number of hydrogen-bond acceptors (Lipinski definition) is 4. The van der Waals surface area contributed by atoms with Crippen molar-refractivity contribution >= 4 is 15.9 Å². The standard InChI is InChI=1S/C17H26N2O4S/c1-2-3-12-23-13-4-11-18-17(20)14-5-9-16(10-6-14)24(21,22)19-15-7-8-15/h5-6,9-10,15,19H,2-4,7-8,11-13H2,1H3,(H,18,20). The summed E-state index contributed by atoms with van der Waals surface area (Å²) in [6, 6.07) is 6.07. The smallest absolute Gasteiger partial charge is 0.251 e. The van der Waals surface area contributed by atoms with Crippen LogP contribution in [0.25, 0.3) is 0 Å². The van der Waals surface area contributed by atoms with E-state index in [1.807, 2.05) is 0 Å². The SMILES string of the molecule is CCCCOCCCNC(=O)c1ccc(S(=O)(=O)NC2CC2)cc1. The normalized spacial score (nSPS) is 14.5. The molecule has 6 nitrogen and oxygen atoms in total. The van der Waals surface area contributed by atoms with Gasteiger partial charge in [0.15, 0.2) is 0 Å². The van der Waals surface area contributed by atoms with Crippen LogP contribution >= 0.6 is 0 Å². The molecule has 0 aromatic heterocycles. The topological polar surface area (TPSA) is 84.5 Å². The van der Waals surface area contributed by atoms with E-state index in [2.05, 4.69) is 17.0 Å². The van der Waals surface area contributed by atoms with Gasteiger partial charge in [0, 0.05) is 31.4 Å². The molecule has 0 atom stereocenters. The van der Waals surface area contributed by atoms with Crippen LogP contribution in [-0.4, -0.2) is 40.1 Å². The molecule has 0 bridgehead atoms. The first-order chi connectivity index (χ1) is 11.5. The highest BCUT2D eigenvalue weighted by Crippen LogP contribution is 2.22. The highest BCUT2D eigenvalue weighted by molar-refractivity contribution is 7.89. The summed E-state index contributed by atoms with van der Waals surface area (Å²) in [5.41, 5.74) is 0.451. The van der Waals surface area contributed by atoms with E-state index in [0.29, 0.717) is 18.7 Å². The Balaban J connectivity index is 1.74. The Morgan fingerprint density at radius 2 is 1.83 bits per heavy atom. The number of carbonyl (C=O) groups is 1. The van der Waals surface area contributed by atoms with Crippen LogP contribution < -0.4 is 10.0 Å². The number of unbranched alkanes of at least 4 members (excludes halogenated alkanes) is 1. The lowest BCUT2D eigenvalue weighted by molar-refractivity contribution is 0.0940. The zero-order valence-electron chi connectivity index (χ0n) is 14.1. The first-order valence-electron chi connectivity index (χ1n) is 8.51.